The minimum absolute atomic E-state index is 0.232. The molecule has 0 atom stereocenters. The Balaban J connectivity index is 2.25. The molecule has 2 rings (SSSR count). The van der Waals surface area contributed by atoms with Gasteiger partial charge in [-0.15, -0.1) is 0 Å². The number of nitrogens with two attached hydrogens (primary N) is 1. The Hall–Kier alpha value is -2.30. The van der Waals surface area contributed by atoms with Gasteiger partial charge in [0, 0.05) is 6.07 Å². The van der Waals surface area contributed by atoms with Gasteiger partial charge in [-0.2, -0.15) is 4.98 Å². The van der Waals surface area contributed by atoms with Crippen LogP contribution in [-0.4, -0.2) is 12.1 Å². The Labute approximate surface area is 97.8 Å². The van der Waals surface area contributed by atoms with E-state index >= 15 is 0 Å². The standard InChI is InChI=1S/C12H11FN2O2/c1-16-11-7-6-10(14)12(15-11)17-9-4-2-8(13)3-5-9/h2-7H,14H2,1H3. The maximum Gasteiger partial charge on any atom is 0.246 e. The zero-order chi connectivity index (χ0) is 12.3. The van der Waals surface area contributed by atoms with Crippen molar-refractivity contribution in [3.63, 3.8) is 0 Å². The molecule has 0 aliphatic heterocycles. The van der Waals surface area contributed by atoms with Crippen molar-refractivity contribution in [2.45, 2.75) is 0 Å². The molecule has 4 nitrogen and oxygen atoms in total. The molecular weight excluding hydrogens is 223 g/mol. The third-order valence-electron chi connectivity index (χ3n) is 2.10. The van der Waals surface area contributed by atoms with Crippen LogP contribution in [0, 0.1) is 5.82 Å². The summed E-state index contributed by atoms with van der Waals surface area (Å²) in [5.74, 6) is 0.759. The van der Waals surface area contributed by atoms with Crippen molar-refractivity contribution in [1.82, 2.24) is 4.98 Å². The zero-order valence-electron chi connectivity index (χ0n) is 9.18. The second-order valence-electron chi connectivity index (χ2n) is 3.30. The Morgan fingerprint density at radius 2 is 1.82 bits per heavy atom. The summed E-state index contributed by atoms with van der Waals surface area (Å²) in [6.07, 6.45) is 0. The van der Waals surface area contributed by atoms with Crippen LogP contribution in [0.25, 0.3) is 0 Å². The van der Waals surface area contributed by atoms with Gasteiger partial charge in [0.15, 0.2) is 0 Å². The average Bonchev–Trinajstić information content (AvgIpc) is 2.35. The second kappa shape index (κ2) is 4.69. The molecule has 0 aliphatic carbocycles. The summed E-state index contributed by atoms with van der Waals surface area (Å²) in [5.41, 5.74) is 6.09. The lowest BCUT2D eigenvalue weighted by Gasteiger charge is -2.08. The first-order chi connectivity index (χ1) is 8.19. The lowest BCUT2D eigenvalue weighted by molar-refractivity contribution is 0.384. The van der Waals surface area contributed by atoms with Crippen LogP contribution >= 0.6 is 0 Å². The van der Waals surface area contributed by atoms with Crippen LogP contribution in [0.3, 0.4) is 0 Å². The SMILES string of the molecule is COc1ccc(N)c(Oc2ccc(F)cc2)n1. The van der Waals surface area contributed by atoms with Gasteiger partial charge >= 0.3 is 0 Å². The third-order valence-corrected chi connectivity index (χ3v) is 2.10. The largest absolute Gasteiger partial charge is 0.481 e. The van der Waals surface area contributed by atoms with Crippen molar-refractivity contribution in [3.05, 3.63) is 42.2 Å². The molecule has 2 N–H and O–H groups in total. The van der Waals surface area contributed by atoms with Crippen LogP contribution in [0.15, 0.2) is 36.4 Å². The fraction of sp³-hybridized carbons (Fsp3) is 0.0833. The molecule has 0 fully saturated rings. The van der Waals surface area contributed by atoms with Gasteiger partial charge in [-0.3, -0.25) is 0 Å². The Bertz CT molecular complexity index is 514. The van der Waals surface area contributed by atoms with Gasteiger partial charge in [0.25, 0.3) is 0 Å². The molecule has 0 spiro atoms. The van der Waals surface area contributed by atoms with E-state index in [9.17, 15) is 4.39 Å². The normalized spacial score (nSPS) is 10.0. The van der Waals surface area contributed by atoms with E-state index in [1.54, 1.807) is 12.1 Å². The molecule has 17 heavy (non-hydrogen) atoms. The molecule has 88 valence electrons. The summed E-state index contributed by atoms with van der Waals surface area (Å²) < 4.78 is 23.1. The number of halogens is 1. The number of benzene rings is 1. The molecule has 0 aliphatic rings. The van der Waals surface area contributed by atoms with Gasteiger partial charge in [-0.1, -0.05) is 0 Å². The number of pyridine rings is 1. The van der Waals surface area contributed by atoms with Crippen molar-refractivity contribution >= 4 is 5.69 Å². The van der Waals surface area contributed by atoms with Gasteiger partial charge in [0.2, 0.25) is 11.8 Å². The van der Waals surface area contributed by atoms with Crippen molar-refractivity contribution in [2.75, 3.05) is 12.8 Å². The minimum atomic E-state index is -0.330. The lowest BCUT2D eigenvalue weighted by Crippen LogP contribution is -1.97. The fourth-order valence-corrected chi connectivity index (χ4v) is 1.24. The minimum Gasteiger partial charge on any atom is -0.481 e. The van der Waals surface area contributed by atoms with Crippen molar-refractivity contribution in [3.8, 4) is 17.5 Å². The molecule has 1 aromatic carbocycles. The third kappa shape index (κ3) is 2.63. The molecule has 5 heteroatoms. The first kappa shape index (κ1) is 11.2. The number of methoxy groups -OCH3 is 1. The highest BCUT2D eigenvalue weighted by atomic mass is 19.1. The van der Waals surface area contributed by atoms with Crippen LogP contribution in [0.4, 0.5) is 10.1 Å². The first-order valence-electron chi connectivity index (χ1n) is 4.93. The van der Waals surface area contributed by atoms with E-state index in [1.165, 1.54) is 31.4 Å². The van der Waals surface area contributed by atoms with Crippen LogP contribution in [-0.2, 0) is 0 Å². The summed E-state index contributed by atoms with van der Waals surface area (Å²) in [4.78, 5) is 4.05. The molecule has 0 saturated heterocycles. The summed E-state index contributed by atoms with van der Waals surface area (Å²) >= 11 is 0. The zero-order valence-corrected chi connectivity index (χ0v) is 9.18. The van der Waals surface area contributed by atoms with Crippen molar-refractivity contribution in [1.29, 1.82) is 0 Å². The highest BCUT2D eigenvalue weighted by Gasteiger charge is 2.06. The molecule has 2 aromatic rings. The highest BCUT2D eigenvalue weighted by Crippen LogP contribution is 2.27. The van der Waals surface area contributed by atoms with Crippen molar-refractivity contribution < 1.29 is 13.9 Å². The summed E-state index contributed by atoms with van der Waals surface area (Å²) in [7, 11) is 1.50. The van der Waals surface area contributed by atoms with Gasteiger partial charge in [-0.25, -0.2) is 4.39 Å². The predicted octanol–water partition coefficient (Wildman–Crippen LogP) is 2.60. The van der Waals surface area contributed by atoms with Gasteiger partial charge in [0.05, 0.1) is 12.8 Å². The molecule has 1 aromatic heterocycles. The molecule has 0 bridgehead atoms. The van der Waals surface area contributed by atoms with E-state index < -0.39 is 0 Å². The van der Waals surface area contributed by atoms with E-state index in [2.05, 4.69) is 4.98 Å². The van der Waals surface area contributed by atoms with Gasteiger partial charge < -0.3 is 15.2 Å². The second-order valence-corrected chi connectivity index (χ2v) is 3.30. The van der Waals surface area contributed by atoms with E-state index in [0.29, 0.717) is 17.3 Å². The first-order valence-corrected chi connectivity index (χ1v) is 4.93. The van der Waals surface area contributed by atoms with Gasteiger partial charge in [-0.05, 0) is 30.3 Å². The molecule has 0 amide bonds. The smallest absolute Gasteiger partial charge is 0.246 e. The molecule has 1 heterocycles. The topological polar surface area (TPSA) is 57.4 Å². The van der Waals surface area contributed by atoms with Crippen molar-refractivity contribution in [2.24, 2.45) is 0 Å². The fourth-order valence-electron chi connectivity index (χ4n) is 1.24. The number of hydrogen-bond acceptors (Lipinski definition) is 4. The maximum absolute atomic E-state index is 12.7. The lowest BCUT2D eigenvalue weighted by atomic mass is 10.3. The Kier molecular flexibility index (Phi) is 3.09. The summed E-state index contributed by atoms with van der Waals surface area (Å²) in [5, 5.41) is 0. The van der Waals surface area contributed by atoms with Crippen LogP contribution in [0.1, 0.15) is 0 Å². The number of aromatic nitrogens is 1. The molecule has 0 saturated carbocycles. The monoisotopic (exact) mass is 234 g/mol. The summed E-state index contributed by atoms with van der Waals surface area (Å²) in [6.45, 7) is 0. The number of rotatable bonds is 3. The number of nitrogen functional groups attached to an aromatic ring is 1. The highest BCUT2D eigenvalue weighted by molar-refractivity contribution is 5.50. The summed E-state index contributed by atoms with van der Waals surface area (Å²) in [6, 6.07) is 8.85. The van der Waals surface area contributed by atoms with Crippen LogP contribution in [0.2, 0.25) is 0 Å². The van der Waals surface area contributed by atoms with Crippen LogP contribution < -0.4 is 15.2 Å². The average molecular weight is 234 g/mol. The number of nitrogens with zero attached hydrogens (tertiary/aromatic N) is 1. The van der Waals surface area contributed by atoms with E-state index in [4.69, 9.17) is 15.2 Å². The molecule has 0 radical (unpaired) electrons. The van der Waals surface area contributed by atoms with Crippen LogP contribution in [0.5, 0.6) is 17.5 Å². The quantitative estimate of drug-likeness (QED) is 0.886. The van der Waals surface area contributed by atoms with Gasteiger partial charge in [0.1, 0.15) is 11.6 Å². The van der Waals surface area contributed by atoms with E-state index in [1.807, 2.05) is 0 Å². The number of ether oxygens (including phenoxy) is 2. The molecular formula is C12H11FN2O2. The van der Waals surface area contributed by atoms with E-state index in [0.717, 1.165) is 0 Å². The Morgan fingerprint density at radius 1 is 1.12 bits per heavy atom. The Morgan fingerprint density at radius 3 is 2.47 bits per heavy atom. The number of hydrogen-bond donors (Lipinski definition) is 1. The number of anilines is 1. The molecule has 0 unspecified atom stereocenters. The predicted molar refractivity (Wildman–Crippen MR) is 61.7 cm³/mol. The van der Waals surface area contributed by atoms with E-state index in [-0.39, 0.29) is 11.7 Å². The maximum atomic E-state index is 12.7.